The molecule has 0 radical (unpaired) electrons. The fourth-order valence-electron chi connectivity index (χ4n) is 1.17. The first-order valence-electron chi connectivity index (χ1n) is 4.10. The maximum atomic E-state index is 5.81. The molecule has 1 rings (SSSR count). The lowest BCUT2D eigenvalue weighted by Crippen LogP contribution is -2.10. The Balaban J connectivity index is 2.60. The van der Waals surface area contributed by atoms with E-state index >= 15 is 0 Å². The number of rotatable bonds is 3. The molecule has 0 N–H and O–H groups in total. The molecule has 13 heavy (non-hydrogen) atoms. The van der Waals surface area contributed by atoms with Crippen molar-refractivity contribution >= 4 is 39.2 Å². The first-order valence-corrected chi connectivity index (χ1v) is 9.34. The Labute approximate surface area is 93.9 Å². The van der Waals surface area contributed by atoms with E-state index in [9.17, 15) is 0 Å². The molecule has 0 aliphatic carbocycles. The zero-order chi connectivity index (χ0) is 9.90. The summed E-state index contributed by atoms with van der Waals surface area (Å²) in [5.74, 6) is 0. The van der Waals surface area contributed by atoms with Crippen LogP contribution in [0.1, 0.15) is 11.1 Å². The number of benzene rings is 1. The number of hydrogen-bond donors (Lipinski definition) is 0. The Morgan fingerprint density at radius 3 is 2.31 bits per heavy atom. The number of hydrogen-bond acceptors (Lipinski definition) is 0. The molecule has 0 spiro atoms. The molecule has 1 aromatic carbocycles. The highest BCUT2D eigenvalue weighted by atomic mass is 35.8. The Morgan fingerprint density at radius 2 is 1.77 bits per heavy atom. The molecule has 0 bridgehead atoms. The Kier molecular flexibility index (Phi) is 4.11. The van der Waals surface area contributed by atoms with Crippen LogP contribution < -0.4 is 0 Å². The van der Waals surface area contributed by atoms with Crippen LogP contribution in [-0.4, -0.2) is 6.00 Å². The van der Waals surface area contributed by atoms with Crippen molar-refractivity contribution in [3.05, 3.63) is 35.4 Å². The molecule has 4 heteroatoms. The van der Waals surface area contributed by atoms with Gasteiger partial charge in [0.25, 0.3) is 0 Å². The van der Waals surface area contributed by atoms with Crippen LogP contribution in [0.3, 0.4) is 0 Å². The third kappa shape index (κ3) is 4.36. The third-order valence-electron chi connectivity index (χ3n) is 1.94. The van der Waals surface area contributed by atoms with Crippen LogP contribution in [0.2, 0.25) is 6.04 Å². The molecule has 0 aliphatic rings. The van der Waals surface area contributed by atoms with Gasteiger partial charge in [-0.25, -0.2) is 0 Å². The van der Waals surface area contributed by atoms with Crippen LogP contribution >= 0.6 is 33.2 Å². The second-order valence-electron chi connectivity index (χ2n) is 3.04. The first-order chi connectivity index (χ1) is 5.99. The zero-order valence-electron chi connectivity index (χ0n) is 7.36. The SMILES string of the molecule is Cc1ccccc1CC[Si](Cl)(Cl)Cl. The molecule has 0 fully saturated rings. The molecule has 0 atom stereocenters. The predicted octanol–water partition coefficient (Wildman–Crippen LogP) is 4.19. The van der Waals surface area contributed by atoms with Gasteiger partial charge >= 0.3 is 6.00 Å². The lowest BCUT2D eigenvalue weighted by molar-refractivity contribution is 1.10. The zero-order valence-corrected chi connectivity index (χ0v) is 10.6. The highest BCUT2D eigenvalue weighted by molar-refractivity contribution is 7.64. The molecule has 0 unspecified atom stereocenters. The van der Waals surface area contributed by atoms with Crippen LogP contribution in [-0.2, 0) is 6.42 Å². The van der Waals surface area contributed by atoms with Crippen LogP contribution in [0, 0.1) is 6.92 Å². The lowest BCUT2D eigenvalue weighted by Gasteiger charge is -2.08. The molecule has 0 amide bonds. The highest BCUT2D eigenvalue weighted by Crippen LogP contribution is 2.27. The van der Waals surface area contributed by atoms with E-state index in [4.69, 9.17) is 33.2 Å². The van der Waals surface area contributed by atoms with Crippen molar-refractivity contribution in [3.63, 3.8) is 0 Å². The van der Waals surface area contributed by atoms with Gasteiger partial charge in [0, 0.05) is 0 Å². The summed E-state index contributed by atoms with van der Waals surface area (Å²) in [6.07, 6.45) is 0.870. The van der Waals surface area contributed by atoms with E-state index < -0.39 is 6.00 Å². The van der Waals surface area contributed by atoms with E-state index in [-0.39, 0.29) is 0 Å². The molecule has 0 saturated heterocycles. The monoisotopic (exact) mass is 252 g/mol. The van der Waals surface area contributed by atoms with Gasteiger partial charge in [-0.15, -0.1) is 33.2 Å². The van der Waals surface area contributed by atoms with Crippen LogP contribution in [0.5, 0.6) is 0 Å². The van der Waals surface area contributed by atoms with Crippen LogP contribution in [0.4, 0.5) is 0 Å². The first kappa shape index (κ1) is 11.4. The summed E-state index contributed by atoms with van der Waals surface area (Å²) in [7, 11) is 0. The van der Waals surface area contributed by atoms with Gasteiger partial charge in [0.15, 0.2) is 0 Å². The topological polar surface area (TPSA) is 0 Å². The van der Waals surface area contributed by atoms with Gasteiger partial charge in [-0.3, -0.25) is 0 Å². The summed E-state index contributed by atoms with van der Waals surface area (Å²) in [6, 6.07) is 6.45. The van der Waals surface area contributed by atoms with Crippen molar-refractivity contribution < 1.29 is 0 Å². The molecule has 0 heterocycles. The van der Waals surface area contributed by atoms with Gasteiger partial charge in [0.2, 0.25) is 0 Å². The van der Waals surface area contributed by atoms with E-state index in [1.165, 1.54) is 11.1 Å². The maximum Gasteiger partial charge on any atom is 0.341 e. The van der Waals surface area contributed by atoms with Crippen molar-refractivity contribution in [2.24, 2.45) is 0 Å². The minimum absolute atomic E-state index is 0.697. The molecule has 0 aliphatic heterocycles. The van der Waals surface area contributed by atoms with E-state index in [2.05, 4.69) is 19.1 Å². The molecular weight excluding hydrogens is 243 g/mol. The van der Waals surface area contributed by atoms with Gasteiger partial charge in [-0.1, -0.05) is 24.3 Å². The van der Waals surface area contributed by atoms with Crippen LogP contribution in [0.25, 0.3) is 0 Å². The third-order valence-corrected chi connectivity index (χ3v) is 4.46. The van der Waals surface area contributed by atoms with Crippen molar-refractivity contribution in [2.75, 3.05) is 0 Å². The molecule has 72 valence electrons. The van der Waals surface area contributed by atoms with Gasteiger partial charge in [-0.05, 0) is 30.5 Å². The van der Waals surface area contributed by atoms with Gasteiger partial charge < -0.3 is 0 Å². The van der Waals surface area contributed by atoms with Gasteiger partial charge in [0.05, 0.1) is 0 Å². The summed E-state index contributed by atoms with van der Waals surface area (Å²) in [5, 5.41) is 0. The van der Waals surface area contributed by atoms with Crippen molar-refractivity contribution in [3.8, 4) is 0 Å². The Hall–Kier alpha value is 0.307. The molecule has 0 saturated carbocycles. The predicted molar refractivity (Wildman–Crippen MR) is 63.0 cm³/mol. The van der Waals surface area contributed by atoms with Crippen molar-refractivity contribution in [1.82, 2.24) is 0 Å². The van der Waals surface area contributed by atoms with Crippen molar-refractivity contribution in [2.45, 2.75) is 19.4 Å². The molecule has 1 aromatic rings. The van der Waals surface area contributed by atoms with E-state index in [1.54, 1.807) is 0 Å². The summed E-state index contributed by atoms with van der Waals surface area (Å²) in [4.78, 5) is 0. The quantitative estimate of drug-likeness (QED) is 0.560. The fraction of sp³-hybridized carbons (Fsp3) is 0.333. The lowest BCUT2D eigenvalue weighted by atomic mass is 10.1. The van der Waals surface area contributed by atoms with Crippen LogP contribution in [0.15, 0.2) is 24.3 Å². The summed E-state index contributed by atoms with van der Waals surface area (Å²) in [5.41, 5.74) is 2.55. The summed E-state index contributed by atoms with van der Waals surface area (Å²) >= 11 is 17.4. The van der Waals surface area contributed by atoms with Gasteiger partial charge in [0.1, 0.15) is 0 Å². The molecule has 0 nitrogen and oxygen atoms in total. The summed E-state index contributed by atoms with van der Waals surface area (Å²) < 4.78 is 0. The van der Waals surface area contributed by atoms with E-state index in [0.717, 1.165) is 6.42 Å². The van der Waals surface area contributed by atoms with Crippen molar-refractivity contribution in [1.29, 1.82) is 0 Å². The molecule has 0 aromatic heterocycles. The molecular formula is C9H11Cl3Si. The standard InChI is InChI=1S/C9H11Cl3Si/c1-8-4-2-3-5-9(8)6-7-13(10,11)12/h2-5H,6-7H2,1H3. The fourth-order valence-corrected chi connectivity index (χ4v) is 2.57. The second kappa shape index (κ2) is 4.69. The maximum absolute atomic E-state index is 5.81. The average Bonchev–Trinajstić information content (AvgIpc) is 2.01. The minimum atomic E-state index is -2.45. The van der Waals surface area contributed by atoms with Gasteiger partial charge in [-0.2, -0.15) is 0 Å². The normalized spacial score (nSPS) is 11.7. The number of halogens is 3. The minimum Gasteiger partial charge on any atom is -0.126 e. The highest BCUT2D eigenvalue weighted by Gasteiger charge is 2.24. The Bertz CT molecular complexity index is 280. The van der Waals surface area contributed by atoms with E-state index in [1.807, 2.05) is 12.1 Å². The second-order valence-corrected chi connectivity index (χ2v) is 12.3. The summed E-state index contributed by atoms with van der Waals surface area (Å²) in [6.45, 7) is 2.08. The Morgan fingerprint density at radius 1 is 1.15 bits per heavy atom. The average molecular weight is 254 g/mol. The number of aryl methyl sites for hydroxylation is 2. The smallest absolute Gasteiger partial charge is 0.126 e. The van der Waals surface area contributed by atoms with E-state index in [0.29, 0.717) is 6.04 Å². The largest absolute Gasteiger partial charge is 0.341 e.